The van der Waals surface area contributed by atoms with E-state index in [-0.39, 0.29) is 30.7 Å². The second-order valence-electron chi connectivity index (χ2n) is 8.50. The minimum absolute atomic E-state index is 0.0630. The fourth-order valence-electron chi connectivity index (χ4n) is 4.11. The van der Waals surface area contributed by atoms with E-state index in [1.54, 1.807) is 29.2 Å². The predicted octanol–water partition coefficient (Wildman–Crippen LogP) is 5.04. The molecule has 1 aliphatic rings. The number of carboxylic acid groups (broad SMARTS) is 1. The molecule has 1 aliphatic heterocycles. The number of para-hydroxylation sites is 1. The number of hydrogen-bond acceptors (Lipinski definition) is 3. The van der Waals surface area contributed by atoms with Crippen molar-refractivity contribution in [3.63, 3.8) is 0 Å². The summed E-state index contributed by atoms with van der Waals surface area (Å²) in [5, 5.41) is 14.7. The maximum absolute atomic E-state index is 12.7. The molecule has 3 aromatic carbocycles. The number of urea groups is 1. The number of anilines is 3. The standard InChI is InChI=1S/C27H27N3O4/c1-18(16-26(32)33)20-8-12-22(13-9-20)28-25(31)17-19-6-10-23(11-7-19)29-27(34)30-15-14-21-4-2-3-5-24(21)30/h2-13,18H,14-17H2,1H3,(H,28,31)(H,29,34)(H,32,33). The largest absolute Gasteiger partial charge is 0.481 e. The maximum atomic E-state index is 12.7. The second kappa shape index (κ2) is 10.2. The zero-order valence-electron chi connectivity index (χ0n) is 19.0. The Morgan fingerprint density at radius 1 is 0.912 bits per heavy atom. The molecule has 3 aromatic rings. The van der Waals surface area contributed by atoms with Gasteiger partial charge in [0.25, 0.3) is 0 Å². The molecule has 0 aliphatic carbocycles. The highest BCUT2D eigenvalue weighted by Crippen LogP contribution is 2.28. The summed E-state index contributed by atoms with van der Waals surface area (Å²) < 4.78 is 0. The van der Waals surface area contributed by atoms with Gasteiger partial charge < -0.3 is 15.7 Å². The van der Waals surface area contributed by atoms with Gasteiger partial charge in [-0.3, -0.25) is 14.5 Å². The van der Waals surface area contributed by atoms with Crippen LogP contribution < -0.4 is 15.5 Å². The van der Waals surface area contributed by atoms with Crippen molar-refractivity contribution in [1.82, 2.24) is 0 Å². The molecule has 34 heavy (non-hydrogen) atoms. The quantitative estimate of drug-likeness (QED) is 0.463. The Bertz CT molecular complexity index is 1190. The molecular formula is C27H27N3O4. The molecule has 7 nitrogen and oxygen atoms in total. The summed E-state index contributed by atoms with van der Waals surface area (Å²) in [4.78, 5) is 37.7. The third kappa shape index (κ3) is 5.61. The number of nitrogens with zero attached hydrogens (tertiary/aromatic N) is 1. The summed E-state index contributed by atoms with van der Waals surface area (Å²) >= 11 is 0. The Morgan fingerprint density at radius 3 is 2.26 bits per heavy atom. The molecule has 3 N–H and O–H groups in total. The average Bonchev–Trinajstić information content (AvgIpc) is 3.25. The first-order chi connectivity index (χ1) is 16.4. The van der Waals surface area contributed by atoms with E-state index < -0.39 is 5.97 Å². The third-order valence-corrected chi connectivity index (χ3v) is 5.95. The van der Waals surface area contributed by atoms with Crippen LogP contribution in [0, 0.1) is 0 Å². The lowest BCUT2D eigenvalue weighted by Gasteiger charge is -2.18. The number of carboxylic acids is 1. The number of fused-ring (bicyclic) bond motifs is 1. The highest BCUT2D eigenvalue weighted by atomic mass is 16.4. The van der Waals surface area contributed by atoms with Gasteiger partial charge >= 0.3 is 12.0 Å². The summed E-state index contributed by atoms with van der Waals surface area (Å²) in [7, 11) is 0. The van der Waals surface area contributed by atoms with Crippen molar-refractivity contribution in [1.29, 1.82) is 0 Å². The Hall–Kier alpha value is -4.13. The van der Waals surface area contributed by atoms with E-state index in [2.05, 4.69) is 10.6 Å². The molecule has 0 fully saturated rings. The normalized spacial score (nSPS) is 13.1. The number of benzene rings is 3. The SMILES string of the molecule is CC(CC(=O)O)c1ccc(NC(=O)Cc2ccc(NC(=O)N3CCc4ccccc43)cc2)cc1. The van der Waals surface area contributed by atoms with E-state index in [1.807, 2.05) is 55.5 Å². The molecule has 7 heteroatoms. The minimum Gasteiger partial charge on any atom is -0.481 e. The molecule has 174 valence electrons. The van der Waals surface area contributed by atoms with Gasteiger partial charge in [0.2, 0.25) is 5.91 Å². The fourth-order valence-corrected chi connectivity index (χ4v) is 4.11. The monoisotopic (exact) mass is 457 g/mol. The van der Waals surface area contributed by atoms with E-state index in [9.17, 15) is 14.4 Å². The van der Waals surface area contributed by atoms with Gasteiger partial charge in [0, 0.05) is 23.6 Å². The van der Waals surface area contributed by atoms with Crippen molar-refractivity contribution in [2.45, 2.75) is 32.1 Å². The molecule has 0 aromatic heterocycles. The van der Waals surface area contributed by atoms with Gasteiger partial charge in [-0.2, -0.15) is 0 Å². The molecule has 1 atom stereocenters. The lowest BCUT2D eigenvalue weighted by atomic mass is 9.98. The summed E-state index contributed by atoms with van der Waals surface area (Å²) in [5.41, 5.74) is 5.18. The predicted molar refractivity (Wildman–Crippen MR) is 132 cm³/mol. The van der Waals surface area contributed by atoms with Crippen LogP contribution in [-0.2, 0) is 22.4 Å². The van der Waals surface area contributed by atoms with E-state index in [0.717, 1.165) is 23.2 Å². The zero-order chi connectivity index (χ0) is 24.1. The van der Waals surface area contributed by atoms with Crippen LogP contribution >= 0.6 is 0 Å². The Kier molecular flexibility index (Phi) is 6.92. The van der Waals surface area contributed by atoms with E-state index in [0.29, 0.717) is 17.9 Å². The molecule has 0 spiro atoms. The number of amides is 3. The van der Waals surface area contributed by atoms with E-state index >= 15 is 0 Å². The van der Waals surface area contributed by atoms with Gasteiger partial charge in [-0.15, -0.1) is 0 Å². The number of hydrogen-bond donors (Lipinski definition) is 3. The zero-order valence-corrected chi connectivity index (χ0v) is 19.0. The first-order valence-corrected chi connectivity index (χ1v) is 11.3. The number of aliphatic carboxylic acids is 1. The Labute approximate surface area is 198 Å². The molecule has 0 saturated carbocycles. The van der Waals surface area contributed by atoms with Gasteiger partial charge in [-0.1, -0.05) is 49.4 Å². The lowest BCUT2D eigenvalue weighted by molar-refractivity contribution is -0.137. The van der Waals surface area contributed by atoms with E-state index in [4.69, 9.17) is 5.11 Å². The molecule has 0 bridgehead atoms. The number of nitrogens with one attached hydrogen (secondary N) is 2. The third-order valence-electron chi connectivity index (χ3n) is 5.95. The van der Waals surface area contributed by atoms with Gasteiger partial charge in [-0.05, 0) is 59.4 Å². The average molecular weight is 458 g/mol. The summed E-state index contributed by atoms with van der Waals surface area (Å²) in [6.45, 7) is 2.51. The number of carbonyl (C=O) groups excluding carboxylic acids is 2. The highest BCUT2D eigenvalue weighted by Gasteiger charge is 2.24. The van der Waals surface area contributed by atoms with Gasteiger partial charge in [0.05, 0.1) is 12.8 Å². The summed E-state index contributed by atoms with van der Waals surface area (Å²) in [6, 6.07) is 22.2. The van der Waals surface area contributed by atoms with Gasteiger partial charge in [0.15, 0.2) is 0 Å². The first-order valence-electron chi connectivity index (χ1n) is 11.3. The number of rotatable bonds is 7. The number of carbonyl (C=O) groups is 3. The summed E-state index contributed by atoms with van der Waals surface area (Å²) in [6.07, 6.45) is 1.11. The lowest BCUT2D eigenvalue weighted by Crippen LogP contribution is -2.33. The van der Waals surface area contributed by atoms with Crippen molar-refractivity contribution in [2.24, 2.45) is 0 Å². The molecule has 0 radical (unpaired) electrons. The highest BCUT2D eigenvalue weighted by molar-refractivity contribution is 6.03. The van der Waals surface area contributed by atoms with Crippen LogP contribution in [0.25, 0.3) is 0 Å². The fraction of sp³-hybridized carbons (Fsp3) is 0.222. The van der Waals surface area contributed by atoms with Crippen LogP contribution in [0.15, 0.2) is 72.8 Å². The molecule has 4 rings (SSSR count). The first kappa shape index (κ1) is 23.0. The van der Waals surface area contributed by atoms with Crippen LogP contribution in [0.3, 0.4) is 0 Å². The second-order valence-corrected chi connectivity index (χ2v) is 8.50. The van der Waals surface area contributed by atoms with Crippen LogP contribution in [0.1, 0.15) is 36.0 Å². The topological polar surface area (TPSA) is 98.7 Å². The molecule has 3 amide bonds. The smallest absolute Gasteiger partial charge is 0.326 e. The van der Waals surface area contributed by atoms with Crippen molar-refractivity contribution < 1.29 is 19.5 Å². The Morgan fingerprint density at radius 2 is 1.56 bits per heavy atom. The molecule has 0 saturated heterocycles. The van der Waals surface area contributed by atoms with Crippen molar-refractivity contribution in [3.8, 4) is 0 Å². The maximum Gasteiger partial charge on any atom is 0.326 e. The minimum atomic E-state index is -0.836. The van der Waals surface area contributed by atoms with Crippen molar-refractivity contribution >= 4 is 35.0 Å². The molecular weight excluding hydrogens is 430 g/mol. The van der Waals surface area contributed by atoms with E-state index in [1.165, 1.54) is 5.56 Å². The summed E-state index contributed by atoms with van der Waals surface area (Å²) in [5.74, 6) is -1.09. The van der Waals surface area contributed by atoms with Crippen LogP contribution in [0.2, 0.25) is 0 Å². The van der Waals surface area contributed by atoms with Crippen LogP contribution in [0.5, 0.6) is 0 Å². The molecule has 1 heterocycles. The van der Waals surface area contributed by atoms with Crippen LogP contribution in [0.4, 0.5) is 21.9 Å². The van der Waals surface area contributed by atoms with Gasteiger partial charge in [0.1, 0.15) is 0 Å². The van der Waals surface area contributed by atoms with Crippen molar-refractivity contribution in [3.05, 3.63) is 89.5 Å². The van der Waals surface area contributed by atoms with Gasteiger partial charge in [-0.25, -0.2) is 4.79 Å². The Balaban J connectivity index is 1.29. The van der Waals surface area contributed by atoms with Crippen molar-refractivity contribution in [2.75, 3.05) is 22.1 Å². The molecule has 1 unspecified atom stereocenters. The van der Waals surface area contributed by atoms with Crippen LogP contribution in [-0.4, -0.2) is 29.6 Å².